The van der Waals surface area contributed by atoms with E-state index in [1.165, 1.54) is 19.0 Å². The summed E-state index contributed by atoms with van der Waals surface area (Å²) in [6.07, 6.45) is -0.0595. The number of hydrogen-bond donors (Lipinski definition) is 0. The molecule has 3 amide bonds. The zero-order valence-electron chi connectivity index (χ0n) is 11.1. The molecule has 0 N–H and O–H groups in total. The van der Waals surface area contributed by atoms with E-state index in [1.807, 2.05) is 0 Å². The van der Waals surface area contributed by atoms with Crippen molar-refractivity contribution < 1.29 is 23.2 Å². The Bertz CT molecular complexity index is 376. The van der Waals surface area contributed by atoms with Gasteiger partial charge in [-0.15, -0.1) is 0 Å². The van der Waals surface area contributed by atoms with Crippen LogP contribution in [-0.2, 0) is 18.4 Å². The van der Waals surface area contributed by atoms with Gasteiger partial charge in [-0.3, -0.25) is 14.3 Å². The highest BCUT2D eigenvalue weighted by Crippen LogP contribution is 2.56. The molecule has 1 atom stereocenters. The summed E-state index contributed by atoms with van der Waals surface area (Å²) in [6, 6.07) is -0.504. The highest BCUT2D eigenvalue weighted by atomic mass is 31.2. The Balaban J connectivity index is 3.01. The number of urea groups is 1. The molecule has 0 aromatic carbocycles. The maximum absolute atomic E-state index is 12.6. The molecular formula is C10H19N2O5P. The first-order valence-corrected chi connectivity index (χ1v) is 7.40. The lowest BCUT2D eigenvalue weighted by Crippen LogP contribution is -2.53. The number of hydrogen-bond acceptors (Lipinski definition) is 5. The molecule has 0 aromatic rings. The molecule has 1 heterocycles. The van der Waals surface area contributed by atoms with Crippen LogP contribution in [0, 0.1) is 0 Å². The van der Waals surface area contributed by atoms with Crippen molar-refractivity contribution in [2.24, 2.45) is 0 Å². The zero-order chi connectivity index (χ0) is 13.9. The Morgan fingerprint density at radius 2 is 1.72 bits per heavy atom. The van der Waals surface area contributed by atoms with Gasteiger partial charge in [0.05, 0.1) is 19.6 Å². The quantitative estimate of drug-likeness (QED) is 0.712. The van der Waals surface area contributed by atoms with Gasteiger partial charge in [-0.1, -0.05) is 0 Å². The smallest absolute Gasteiger partial charge is 0.312 e. The molecule has 0 saturated carbocycles. The first-order valence-electron chi connectivity index (χ1n) is 5.79. The Hall–Kier alpha value is -0.910. The largest absolute Gasteiger partial charge is 0.353 e. The van der Waals surface area contributed by atoms with Gasteiger partial charge in [-0.25, -0.2) is 4.79 Å². The molecule has 1 unspecified atom stereocenters. The third kappa shape index (κ3) is 2.74. The third-order valence-corrected chi connectivity index (χ3v) is 5.25. The number of nitrogens with zero attached hydrogens (tertiary/aromatic N) is 2. The molecule has 0 spiro atoms. The van der Waals surface area contributed by atoms with Crippen LogP contribution in [0.2, 0.25) is 0 Å². The first kappa shape index (κ1) is 15.1. The lowest BCUT2D eigenvalue weighted by atomic mass is 10.3. The fourth-order valence-corrected chi connectivity index (χ4v) is 3.84. The zero-order valence-corrected chi connectivity index (χ0v) is 12.0. The van der Waals surface area contributed by atoms with E-state index in [1.54, 1.807) is 13.8 Å². The number of carbonyl (C=O) groups is 2. The van der Waals surface area contributed by atoms with Crippen molar-refractivity contribution in [3.63, 3.8) is 0 Å². The van der Waals surface area contributed by atoms with Crippen LogP contribution in [0.5, 0.6) is 0 Å². The highest BCUT2D eigenvalue weighted by molar-refractivity contribution is 7.54. The van der Waals surface area contributed by atoms with Crippen molar-refractivity contribution >= 4 is 19.5 Å². The molecule has 1 fully saturated rings. The van der Waals surface area contributed by atoms with Crippen molar-refractivity contribution in [3.8, 4) is 0 Å². The fourth-order valence-electron chi connectivity index (χ4n) is 1.79. The molecule has 0 aromatic heterocycles. The van der Waals surface area contributed by atoms with Crippen LogP contribution in [0.25, 0.3) is 0 Å². The molecule has 0 aliphatic carbocycles. The molecule has 104 valence electrons. The van der Waals surface area contributed by atoms with Gasteiger partial charge in [0.2, 0.25) is 5.91 Å². The minimum atomic E-state index is -3.49. The standard InChI is InChI=1S/C10H19N2O5P/c1-5-16-18(15,17-6-2)9-7-8(13)11(3)10(14)12(9)4/h9H,5-7H2,1-4H3. The van der Waals surface area contributed by atoms with Crippen molar-refractivity contribution in [1.82, 2.24) is 9.80 Å². The van der Waals surface area contributed by atoms with E-state index >= 15 is 0 Å². The normalized spacial score (nSPS) is 21.7. The Morgan fingerprint density at radius 3 is 2.17 bits per heavy atom. The van der Waals surface area contributed by atoms with Crippen LogP contribution in [0.3, 0.4) is 0 Å². The summed E-state index contributed by atoms with van der Waals surface area (Å²) in [4.78, 5) is 25.7. The van der Waals surface area contributed by atoms with E-state index < -0.39 is 19.4 Å². The summed E-state index contributed by atoms with van der Waals surface area (Å²) in [5.41, 5.74) is 0. The van der Waals surface area contributed by atoms with E-state index in [4.69, 9.17) is 9.05 Å². The summed E-state index contributed by atoms with van der Waals surface area (Å²) in [6.45, 7) is 3.76. The van der Waals surface area contributed by atoms with Crippen LogP contribution in [0.1, 0.15) is 20.3 Å². The maximum atomic E-state index is 12.6. The molecule has 1 aliphatic rings. The van der Waals surface area contributed by atoms with E-state index in [0.29, 0.717) is 0 Å². The van der Waals surface area contributed by atoms with Crippen molar-refractivity contribution in [2.45, 2.75) is 26.1 Å². The molecule has 18 heavy (non-hydrogen) atoms. The third-order valence-electron chi connectivity index (χ3n) is 2.75. The van der Waals surface area contributed by atoms with Gasteiger partial charge in [0.15, 0.2) is 0 Å². The van der Waals surface area contributed by atoms with Gasteiger partial charge in [-0.05, 0) is 13.8 Å². The second-order valence-corrected chi connectivity index (χ2v) is 6.10. The van der Waals surface area contributed by atoms with Crippen LogP contribution >= 0.6 is 7.60 Å². The lowest BCUT2D eigenvalue weighted by Gasteiger charge is -2.38. The first-order chi connectivity index (χ1) is 8.37. The van der Waals surface area contributed by atoms with Crippen molar-refractivity contribution in [1.29, 1.82) is 0 Å². The van der Waals surface area contributed by atoms with Crippen LogP contribution in [0.4, 0.5) is 4.79 Å². The summed E-state index contributed by atoms with van der Waals surface area (Å²) < 4.78 is 22.9. The lowest BCUT2D eigenvalue weighted by molar-refractivity contribution is -0.130. The average Bonchev–Trinajstić information content (AvgIpc) is 2.31. The second-order valence-electron chi connectivity index (χ2n) is 3.91. The number of imide groups is 1. The number of amides is 3. The van der Waals surface area contributed by atoms with Gasteiger partial charge < -0.3 is 13.9 Å². The molecular weight excluding hydrogens is 259 g/mol. The van der Waals surface area contributed by atoms with E-state index in [-0.39, 0.29) is 25.5 Å². The summed E-state index contributed by atoms with van der Waals surface area (Å²) in [5, 5.41) is 0. The van der Waals surface area contributed by atoms with Crippen LogP contribution < -0.4 is 0 Å². The number of rotatable bonds is 5. The molecule has 7 nitrogen and oxygen atoms in total. The summed E-state index contributed by atoms with van der Waals surface area (Å²) in [5.74, 6) is -1.24. The Morgan fingerprint density at radius 1 is 1.22 bits per heavy atom. The molecule has 1 aliphatic heterocycles. The van der Waals surface area contributed by atoms with Crippen molar-refractivity contribution in [3.05, 3.63) is 0 Å². The van der Waals surface area contributed by atoms with Crippen molar-refractivity contribution in [2.75, 3.05) is 27.3 Å². The molecule has 8 heteroatoms. The Kier molecular flexibility index (Phi) is 4.90. The monoisotopic (exact) mass is 278 g/mol. The average molecular weight is 278 g/mol. The number of carbonyl (C=O) groups excluding carboxylic acids is 2. The van der Waals surface area contributed by atoms with Gasteiger partial charge in [0, 0.05) is 14.1 Å². The minimum absolute atomic E-state index is 0.0595. The fraction of sp³-hybridized carbons (Fsp3) is 0.800. The molecule has 0 radical (unpaired) electrons. The highest BCUT2D eigenvalue weighted by Gasteiger charge is 2.46. The van der Waals surface area contributed by atoms with Crippen LogP contribution in [-0.4, -0.2) is 54.8 Å². The van der Waals surface area contributed by atoms with Gasteiger partial charge in [0.25, 0.3) is 0 Å². The van der Waals surface area contributed by atoms with E-state index in [9.17, 15) is 14.2 Å². The van der Waals surface area contributed by atoms with E-state index in [0.717, 1.165) is 4.90 Å². The summed E-state index contributed by atoms with van der Waals surface area (Å²) in [7, 11) is -0.615. The minimum Gasteiger partial charge on any atom is -0.312 e. The molecule has 1 saturated heterocycles. The molecule has 1 rings (SSSR count). The van der Waals surface area contributed by atoms with Gasteiger partial charge in [-0.2, -0.15) is 0 Å². The van der Waals surface area contributed by atoms with E-state index in [2.05, 4.69) is 0 Å². The molecule has 0 bridgehead atoms. The topological polar surface area (TPSA) is 76.1 Å². The maximum Gasteiger partial charge on any atom is 0.353 e. The van der Waals surface area contributed by atoms with Gasteiger partial charge in [0.1, 0.15) is 5.78 Å². The van der Waals surface area contributed by atoms with Gasteiger partial charge >= 0.3 is 13.6 Å². The predicted octanol–water partition coefficient (Wildman–Crippen LogP) is 1.49. The predicted molar refractivity (Wildman–Crippen MR) is 65.2 cm³/mol. The Labute approximate surface area is 107 Å². The summed E-state index contributed by atoms with van der Waals surface area (Å²) >= 11 is 0. The van der Waals surface area contributed by atoms with Crippen LogP contribution in [0.15, 0.2) is 0 Å². The second kappa shape index (κ2) is 5.82. The SMILES string of the molecule is CCOP(=O)(OCC)C1CC(=O)N(C)C(=O)N1C.